The van der Waals surface area contributed by atoms with E-state index in [1.807, 2.05) is 6.92 Å². The molecule has 1 heterocycles. The number of amides is 1. The van der Waals surface area contributed by atoms with Gasteiger partial charge in [0.25, 0.3) is 5.56 Å². The van der Waals surface area contributed by atoms with E-state index in [4.69, 9.17) is 4.74 Å². The first-order valence-electron chi connectivity index (χ1n) is 10.1. The highest BCUT2D eigenvalue weighted by atomic mass is 32.2. The number of anilines is 1. The fraction of sp³-hybridized carbons (Fsp3) is 0.318. The average Bonchev–Trinajstić information content (AvgIpc) is 2.78. The van der Waals surface area contributed by atoms with E-state index in [1.54, 1.807) is 35.9 Å². The summed E-state index contributed by atoms with van der Waals surface area (Å²) in [5.41, 5.74) is 0.838. The number of nitrogens with one attached hydrogen (secondary N) is 1. The van der Waals surface area contributed by atoms with Crippen LogP contribution in [0.1, 0.15) is 13.0 Å². The Morgan fingerprint density at radius 1 is 1.18 bits per heavy atom. The summed E-state index contributed by atoms with van der Waals surface area (Å²) in [6.45, 7) is 2.18. The Bertz CT molecular complexity index is 1300. The van der Waals surface area contributed by atoms with Gasteiger partial charge >= 0.3 is 0 Å². The summed E-state index contributed by atoms with van der Waals surface area (Å²) < 4.78 is 32.2. The molecule has 0 spiro atoms. The van der Waals surface area contributed by atoms with Crippen molar-refractivity contribution in [1.82, 2.24) is 13.9 Å². The molecule has 9 nitrogen and oxygen atoms in total. The molecule has 1 amide bonds. The second kappa shape index (κ2) is 10.5. The summed E-state index contributed by atoms with van der Waals surface area (Å²) in [5, 5.41) is 3.66. The Hall–Kier alpha value is -2.73. The van der Waals surface area contributed by atoms with Crippen LogP contribution in [0, 0.1) is 0 Å². The molecule has 0 saturated heterocycles. The van der Waals surface area contributed by atoms with Crippen molar-refractivity contribution in [1.29, 1.82) is 0 Å². The van der Waals surface area contributed by atoms with Gasteiger partial charge < -0.3 is 10.1 Å². The summed E-state index contributed by atoms with van der Waals surface area (Å²) in [7, 11) is 0.927. The van der Waals surface area contributed by atoms with Crippen molar-refractivity contribution in [2.45, 2.75) is 23.0 Å². The standard InChI is InChI=1S/C22H26N4O5S2/c1-15(13-31-4)26-21(28)18-7-5-6-8-19(18)24-22(26)32-14-20(27)23-16-9-11-17(12-10-16)33(29,30)25(2)3/h5-12,15H,13-14H2,1-4H3,(H,23,27)/t15-/m1/s1. The minimum atomic E-state index is -3.54. The van der Waals surface area contributed by atoms with Crippen LogP contribution in [0.5, 0.6) is 0 Å². The summed E-state index contributed by atoms with van der Waals surface area (Å²) in [4.78, 5) is 30.3. The van der Waals surface area contributed by atoms with Crippen LogP contribution in [0.4, 0.5) is 5.69 Å². The number of hydrogen-bond acceptors (Lipinski definition) is 7. The molecule has 11 heteroatoms. The molecule has 0 aliphatic rings. The predicted molar refractivity (Wildman–Crippen MR) is 129 cm³/mol. The number of carbonyl (C=O) groups excluding carboxylic acids is 1. The van der Waals surface area contributed by atoms with Gasteiger partial charge in [0.2, 0.25) is 15.9 Å². The molecule has 33 heavy (non-hydrogen) atoms. The molecule has 0 aliphatic carbocycles. The zero-order valence-corrected chi connectivity index (χ0v) is 20.4. The van der Waals surface area contributed by atoms with Gasteiger partial charge in [-0.25, -0.2) is 17.7 Å². The summed E-state index contributed by atoms with van der Waals surface area (Å²) in [6, 6.07) is 12.7. The van der Waals surface area contributed by atoms with Gasteiger partial charge in [-0.1, -0.05) is 23.9 Å². The van der Waals surface area contributed by atoms with Gasteiger partial charge in [0, 0.05) is 26.9 Å². The number of carbonyl (C=O) groups is 1. The lowest BCUT2D eigenvalue weighted by Gasteiger charge is -2.18. The van der Waals surface area contributed by atoms with Crippen LogP contribution in [0.15, 0.2) is 63.4 Å². The zero-order valence-electron chi connectivity index (χ0n) is 18.8. The van der Waals surface area contributed by atoms with Gasteiger partial charge in [-0.15, -0.1) is 0 Å². The third kappa shape index (κ3) is 5.61. The van der Waals surface area contributed by atoms with Crippen molar-refractivity contribution in [2.24, 2.45) is 0 Å². The number of benzene rings is 2. The number of methoxy groups -OCH3 is 1. The fourth-order valence-electron chi connectivity index (χ4n) is 3.18. The number of hydrogen-bond donors (Lipinski definition) is 1. The first-order valence-corrected chi connectivity index (χ1v) is 12.5. The lowest BCUT2D eigenvalue weighted by Crippen LogP contribution is -2.29. The largest absolute Gasteiger partial charge is 0.383 e. The van der Waals surface area contributed by atoms with E-state index in [1.165, 1.54) is 38.4 Å². The number of thioether (sulfide) groups is 1. The molecule has 0 bridgehead atoms. The van der Waals surface area contributed by atoms with E-state index in [9.17, 15) is 18.0 Å². The Labute approximate surface area is 196 Å². The van der Waals surface area contributed by atoms with Gasteiger partial charge in [-0.05, 0) is 43.3 Å². The van der Waals surface area contributed by atoms with Crippen LogP contribution >= 0.6 is 11.8 Å². The maximum Gasteiger partial charge on any atom is 0.262 e. The lowest BCUT2D eigenvalue weighted by atomic mass is 10.2. The fourth-order valence-corrected chi connectivity index (χ4v) is 4.98. The second-order valence-electron chi connectivity index (χ2n) is 7.54. The Morgan fingerprint density at radius 2 is 1.85 bits per heavy atom. The Kier molecular flexibility index (Phi) is 7.90. The molecule has 0 saturated carbocycles. The summed E-state index contributed by atoms with van der Waals surface area (Å²) in [6.07, 6.45) is 0. The van der Waals surface area contributed by atoms with Crippen molar-refractivity contribution in [3.63, 3.8) is 0 Å². The molecule has 2 aromatic carbocycles. The van der Waals surface area contributed by atoms with E-state index < -0.39 is 10.0 Å². The van der Waals surface area contributed by atoms with Gasteiger partial charge in [-0.3, -0.25) is 14.2 Å². The number of nitrogens with zero attached hydrogens (tertiary/aromatic N) is 3. The highest BCUT2D eigenvalue weighted by Crippen LogP contribution is 2.22. The molecule has 1 atom stereocenters. The van der Waals surface area contributed by atoms with E-state index in [0.717, 1.165) is 16.1 Å². The molecular formula is C22H26N4O5S2. The number of rotatable bonds is 9. The van der Waals surface area contributed by atoms with Gasteiger partial charge in [0.05, 0.1) is 34.2 Å². The van der Waals surface area contributed by atoms with Crippen LogP contribution in [-0.4, -0.2) is 61.7 Å². The highest BCUT2D eigenvalue weighted by Gasteiger charge is 2.19. The molecule has 0 radical (unpaired) electrons. The van der Waals surface area contributed by atoms with Crippen molar-refractivity contribution in [3.8, 4) is 0 Å². The van der Waals surface area contributed by atoms with Crippen molar-refractivity contribution >= 4 is 44.3 Å². The molecule has 3 rings (SSSR count). The molecule has 1 N–H and O–H groups in total. The van der Waals surface area contributed by atoms with E-state index in [0.29, 0.717) is 28.4 Å². The minimum absolute atomic E-state index is 0.0161. The Morgan fingerprint density at radius 3 is 2.48 bits per heavy atom. The average molecular weight is 491 g/mol. The van der Waals surface area contributed by atoms with Gasteiger partial charge in [-0.2, -0.15) is 0 Å². The third-order valence-electron chi connectivity index (χ3n) is 4.87. The van der Waals surface area contributed by atoms with Crippen molar-refractivity contribution in [3.05, 3.63) is 58.9 Å². The third-order valence-corrected chi connectivity index (χ3v) is 7.66. The number of para-hydroxylation sites is 1. The number of ether oxygens (including phenoxy) is 1. The maximum atomic E-state index is 13.1. The van der Waals surface area contributed by atoms with Gasteiger partial charge in [0.15, 0.2) is 5.16 Å². The minimum Gasteiger partial charge on any atom is -0.383 e. The van der Waals surface area contributed by atoms with Crippen molar-refractivity contribution < 1.29 is 17.9 Å². The van der Waals surface area contributed by atoms with Crippen LogP contribution < -0.4 is 10.9 Å². The topological polar surface area (TPSA) is 111 Å². The SMILES string of the molecule is COC[C@@H](C)n1c(SCC(=O)Nc2ccc(S(=O)(=O)N(C)C)cc2)nc2ccccc2c1=O. The smallest absolute Gasteiger partial charge is 0.262 e. The molecule has 0 unspecified atom stereocenters. The lowest BCUT2D eigenvalue weighted by molar-refractivity contribution is -0.113. The molecular weight excluding hydrogens is 464 g/mol. The Balaban J connectivity index is 1.78. The predicted octanol–water partition coefficient (Wildman–Crippen LogP) is 2.59. The van der Waals surface area contributed by atoms with Crippen molar-refractivity contribution in [2.75, 3.05) is 38.9 Å². The molecule has 0 fully saturated rings. The summed E-state index contributed by atoms with van der Waals surface area (Å²) >= 11 is 1.15. The number of sulfonamides is 1. The molecule has 176 valence electrons. The molecule has 1 aromatic heterocycles. The van der Waals surface area contributed by atoms with Crippen LogP contribution in [0.3, 0.4) is 0 Å². The normalized spacial score (nSPS) is 12.8. The van der Waals surface area contributed by atoms with Crippen LogP contribution in [0.2, 0.25) is 0 Å². The van der Waals surface area contributed by atoms with Gasteiger partial charge in [0.1, 0.15) is 0 Å². The monoisotopic (exact) mass is 490 g/mol. The van der Waals surface area contributed by atoms with Crippen LogP contribution in [-0.2, 0) is 19.6 Å². The maximum absolute atomic E-state index is 13.1. The summed E-state index contributed by atoms with van der Waals surface area (Å²) in [5.74, 6) is -0.293. The van der Waals surface area contributed by atoms with Crippen LogP contribution in [0.25, 0.3) is 10.9 Å². The molecule has 3 aromatic rings. The second-order valence-corrected chi connectivity index (χ2v) is 10.6. The van der Waals surface area contributed by atoms with E-state index >= 15 is 0 Å². The zero-order chi connectivity index (χ0) is 24.2. The number of aromatic nitrogens is 2. The first kappa shape index (κ1) is 24.9. The first-order chi connectivity index (χ1) is 15.6. The molecule has 0 aliphatic heterocycles. The quantitative estimate of drug-likeness (QED) is 0.363. The van der Waals surface area contributed by atoms with E-state index in [2.05, 4.69) is 10.3 Å². The highest BCUT2D eigenvalue weighted by molar-refractivity contribution is 7.99. The van der Waals surface area contributed by atoms with E-state index in [-0.39, 0.29) is 28.2 Å². The number of fused-ring (bicyclic) bond motifs is 1.